The van der Waals surface area contributed by atoms with E-state index in [1.165, 1.54) is 22.3 Å². The van der Waals surface area contributed by atoms with Crippen LogP contribution in [0, 0.1) is 0 Å². The highest BCUT2D eigenvalue weighted by molar-refractivity contribution is 5.85. The van der Waals surface area contributed by atoms with Crippen LogP contribution in [-0.2, 0) is 4.74 Å². The maximum atomic E-state index is 13.0. The van der Waals surface area contributed by atoms with Crippen LogP contribution in [0.2, 0.25) is 0 Å². The summed E-state index contributed by atoms with van der Waals surface area (Å²) in [6, 6.07) is 20.9. The molecule has 1 unspecified atom stereocenters. The molecular weight excluding hydrogens is 471 g/mol. The van der Waals surface area contributed by atoms with Crippen molar-refractivity contribution < 1.29 is 9.53 Å². The lowest BCUT2D eigenvalue weighted by Gasteiger charge is -2.33. The van der Waals surface area contributed by atoms with E-state index in [1.54, 1.807) is 6.20 Å². The van der Waals surface area contributed by atoms with E-state index in [0.717, 1.165) is 17.8 Å². The van der Waals surface area contributed by atoms with Gasteiger partial charge in [-0.15, -0.1) is 24.8 Å². The van der Waals surface area contributed by atoms with E-state index in [-0.39, 0.29) is 42.9 Å². The summed E-state index contributed by atoms with van der Waals surface area (Å²) in [5.74, 6) is 0.0775. The second-order valence-electron chi connectivity index (χ2n) is 8.41. The number of benzene rings is 2. The van der Waals surface area contributed by atoms with Gasteiger partial charge in [0, 0.05) is 44.1 Å². The molecule has 6 rings (SSSR count). The number of imidazole rings is 1. The Morgan fingerprint density at radius 1 is 1.00 bits per heavy atom. The van der Waals surface area contributed by atoms with Crippen LogP contribution >= 0.6 is 24.8 Å². The Morgan fingerprint density at radius 3 is 2.44 bits per heavy atom. The molecular formula is C26H26Cl2N4O2. The number of nitrogens with zero attached hydrogens (tertiary/aromatic N) is 3. The Morgan fingerprint density at radius 2 is 1.71 bits per heavy atom. The summed E-state index contributed by atoms with van der Waals surface area (Å²) in [4.78, 5) is 19.1. The molecule has 2 aromatic carbocycles. The largest absolute Gasteiger partial charge is 0.448 e. The van der Waals surface area contributed by atoms with E-state index in [2.05, 4.69) is 71.1 Å². The first-order chi connectivity index (χ1) is 15.8. The van der Waals surface area contributed by atoms with Gasteiger partial charge in [0.1, 0.15) is 12.3 Å². The third-order valence-corrected chi connectivity index (χ3v) is 6.58. The molecule has 8 heteroatoms. The number of rotatable bonds is 3. The van der Waals surface area contributed by atoms with Gasteiger partial charge in [-0.3, -0.25) is 0 Å². The monoisotopic (exact) mass is 496 g/mol. The predicted octanol–water partition coefficient (Wildman–Crippen LogP) is 5.07. The number of ether oxygens (including phenoxy) is 1. The summed E-state index contributed by atoms with van der Waals surface area (Å²) < 4.78 is 7.87. The second kappa shape index (κ2) is 10.1. The van der Waals surface area contributed by atoms with E-state index in [1.807, 2.05) is 21.6 Å². The highest BCUT2D eigenvalue weighted by atomic mass is 35.5. The number of carbonyl (C=O) groups is 1. The summed E-state index contributed by atoms with van der Waals surface area (Å²) in [6.45, 7) is 2.30. The van der Waals surface area contributed by atoms with E-state index in [4.69, 9.17) is 4.74 Å². The molecule has 3 heterocycles. The van der Waals surface area contributed by atoms with Gasteiger partial charge in [-0.1, -0.05) is 54.6 Å². The Balaban J connectivity index is 0.00000137. The summed E-state index contributed by atoms with van der Waals surface area (Å²) in [5, 5.41) is 3.52. The molecule has 2 aliphatic rings. The van der Waals surface area contributed by atoms with Crippen molar-refractivity contribution in [3.63, 3.8) is 0 Å². The fourth-order valence-electron chi connectivity index (χ4n) is 4.97. The first-order valence-corrected chi connectivity index (χ1v) is 11.0. The molecule has 0 spiro atoms. The molecule has 1 fully saturated rings. The van der Waals surface area contributed by atoms with Crippen LogP contribution in [0.25, 0.3) is 16.8 Å². The topological polar surface area (TPSA) is 58.9 Å². The van der Waals surface area contributed by atoms with E-state index >= 15 is 0 Å². The number of pyridine rings is 1. The van der Waals surface area contributed by atoms with Gasteiger partial charge in [0.15, 0.2) is 0 Å². The molecule has 0 radical (unpaired) electrons. The molecule has 1 atom stereocenters. The molecule has 1 aliphatic heterocycles. The maximum absolute atomic E-state index is 13.0. The van der Waals surface area contributed by atoms with Gasteiger partial charge in [-0.05, 0) is 33.9 Å². The molecule has 2 aromatic heterocycles. The standard InChI is InChI=1S/C26H24N4O2.2ClH/c31-26(30-14-11-27-24(16-30)18-9-10-25-28-12-13-29(25)15-18)32-17-23-21-7-3-1-5-19(21)20-6-2-4-8-22(20)23;;/h1-10,12-13,15,23-24,27H,11,14,16-17H2;2*1H. The molecule has 176 valence electrons. The van der Waals surface area contributed by atoms with Crippen LogP contribution < -0.4 is 5.32 Å². The van der Waals surface area contributed by atoms with Crippen molar-refractivity contribution in [2.24, 2.45) is 0 Å². The zero-order chi connectivity index (χ0) is 21.5. The minimum Gasteiger partial charge on any atom is -0.448 e. The van der Waals surface area contributed by atoms with Crippen molar-refractivity contribution in [3.05, 3.63) is 95.9 Å². The average Bonchev–Trinajstić information content (AvgIpc) is 3.45. The number of nitrogens with one attached hydrogen (secondary N) is 1. The zero-order valence-electron chi connectivity index (χ0n) is 18.5. The third kappa shape index (κ3) is 4.25. The third-order valence-electron chi connectivity index (χ3n) is 6.58. The smallest absolute Gasteiger partial charge is 0.409 e. The van der Waals surface area contributed by atoms with E-state index in [0.29, 0.717) is 19.7 Å². The number of aromatic nitrogens is 2. The van der Waals surface area contributed by atoms with Crippen molar-refractivity contribution in [2.45, 2.75) is 12.0 Å². The molecule has 1 saturated heterocycles. The van der Waals surface area contributed by atoms with Crippen molar-refractivity contribution in [1.82, 2.24) is 19.6 Å². The van der Waals surface area contributed by atoms with Crippen LogP contribution in [0.3, 0.4) is 0 Å². The van der Waals surface area contributed by atoms with Gasteiger partial charge in [-0.2, -0.15) is 0 Å². The second-order valence-corrected chi connectivity index (χ2v) is 8.41. The quantitative estimate of drug-likeness (QED) is 0.429. The molecule has 0 saturated carbocycles. The highest BCUT2D eigenvalue weighted by Gasteiger charge is 2.31. The molecule has 1 N–H and O–H groups in total. The van der Waals surface area contributed by atoms with E-state index in [9.17, 15) is 4.79 Å². The van der Waals surface area contributed by atoms with Gasteiger partial charge < -0.3 is 19.4 Å². The molecule has 4 aromatic rings. The summed E-state index contributed by atoms with van der Waals surface area (Å²) >= 11 is 0. The molecule has 6 nitrogen and oxygen atoms in total. The van der Waals surface area contributed by atoms with Crippen LogP contribution in [0.4, 0.5) is 4.79 Å². The minimum atomic E-state index is -0.248. The lowest BCUT2D eigenvalue weighted by Crippen LogP contribution is -2.48. The van der Waals surface area contributed by atoms with Crippen molar-refractivity contribution in [3.8, 4) is 11.1 Å². The van der Waals surface area contributed by atoms with Gasteiger partial charge in [0.05, 0.1) is 6.04 Å². The van der Waals surface area contributed by atoms with Crippen molar-refractivity contribution in [1.29, 1.82) is 0 Å². The number of fused-ring (bicyclic) bond motifs is 4. The summed E-state index contributed by atoms with van der Waals surface area (Å²) in [7, 11) is 0. The minimum absolute atomic E-state index is 0. The van der Waals surface area contributed by atoms with E-state index < -0.39 is 0 Å². The molecule has 1 aliphatic carbocycles. The predicted molar refractivity (Wildman–Crippen MR) is 137 cm³/mol. The van der Waals surface area contributed by atoms with Crippen molar-refractivity contribution in [2.75, 3.05) is 26.2 Å². The maximum Gasteiger partial charge on any atom is 0.409 e. The van der Waals surface area contributed by atoms with Crippen LogP contribution in [0.5, 0.6) is 0 Å². The number of amides is 1. The first kappa shape index (κ1) is 24.1. The zero-order valence-corrected chi connectivity index (χ0v) is 20.1. The van der Waals surface area contributed by atoms with Crippen LogP contribution in [-0.4, -0.2) is 46.6 Å². The summed E-state index contributed by atoms with van der Waals surface area (Å²) in [6.07, 6.45) is 5.55. The Kier molecular flexibility index (Phi) is 7.12. The number of hydrogen-bond acceptors (Lipinski definition) is 4. The van der Waals surface area contributed by atoms with Gasteiger partial charge in [0.2, 0.25) is 0 Å². The first-order valence-electron chi connectivity index (χ1n) is 11.0. The number of hydrogen-bond donors (Lipinski definition) is 1. The van der Waals surface area contributed by atoms with Gasteiger partial charge in [-0.25, -0.2) is 9.78 Å². The number of halogens is 2. The Bertz CT molecular complexity index is 1260. The highest BCUT2D eigenvalue weighted by Crippen LogP contribution is 2.44. The Hall–Kier alpha value is -3.06. The average molecular weight is 497 g/mol. The molecule has 0 bridgehead atoms. The lowest BCUT2D eigenvalue weighted by atomic mass is 9.98. The fraction of sp³-hybridized carbons (Fsp3) is 0.231. The fourth-order valence-corrected chi connectivity index (χ4v) is 4.97. The Labute approximate surface area is 210 Å². The molecule has 1 amide bonds. The SMILES string of the molecule is Cl.Cl.O=C(OCC1c2ccccc2-c2ccccc21)N1CCNC(c2ccc3nccn3c2)C1. The number of piperazine rings is 1. The van der Waals surface area contributed by atoms with Gasteiger partial charge in [0.25, 0.3) is 0 Å². The van der Waals surface area contributed by atoms with Crippen molar-refractivity contribution >= 4 is 36.6 Å². The number of carbonyl (C=O) groups excluding carboxylic acids is 1. The van der Waals surface area contributed by atoms with Gasteiger partial charge >= 0.3 is 6.09 Å². The molecule has 34 heavy (non-hydrogen) atoms. The summed E-state index contributed by atoms with van der Waals surface area (Å²) in [5.41, 5.74) is 6.98. The normalized spacial score (nSPS) is 16.8. The lowest BCUT2D eigenvalue weighted by molar-refractivity contribution is 0.0882. The van der Waals surface area contributed by atoms with Crippen LogP contribution in [0.15, 0.2) is 79.3 Å². The van der Waals surface area contributed by atoms with Crippen LogP contribution in [0.1, 0.15) is 28.7 Å².